The van der Waals surface area contributed by atoms with E-state index < -0.39 is 6.04 Å². The summed E-state index contributed by atoms with van der Waals surface area (Å²) in [4.78, 5) is 36.5. The predicted molar refractivity (Wildman–Crippen MR) is 116 cm³/mol. The highest BCUT2D eigenvalue weighted by molar-refractivity contribution is 7.08. The highest BCUT2D eigenvalue weighted by Crippen LogP contribution is 2.21. The minimum absolute atomic E-state index is 0.0329. The van der Waals surface area contributed by atoms with Crippen molar-refractivity contribution in [2.45, 2.75) is 45.3 Å². The Hall–Kier alpha value is -2.87. The molecule has 0 unspecified atom stereocenters. The third kappa shape index (κ3) is 7.87. The first-order chi connectivity index (χ1) is 14.4. The second-order valence-electron chi connectivity index (χ2n) is 7.01. The molecule has 0 aliphatic heterocycles. The van der Waals surface area contributed by atoms with Crippen molar-refractivity contribution in [2.75, 3.05) is 13.7 Å². The van der Waals surface area contributed by atoms with Crippen molar-refractivity contribution >= 4 is 29.1 Å². The van der Waals surface area contributed by atoms with Crippen LogP contribution in [-0.4, -0.2) is 37.5 Å². The van der Waals surface area contributed by atoms with E-state index in [0.717, 1.165) is 5.56 Å². The van der Waals surface area contributed by atoms with Gasteiger partial charge in [0.25, 0.3) is 5.91 Å². The molecule has 1 aromatic carbocycles. The maximum atomic E-state index is 12.4. The quantitative estimate of drug-likeness (QED) is 0.419. The van der Waals surface area contributed by atoms with Gasteiger partial charge in [0.1, 0.15) is 5.75 Å². The predicted octanol–water partition coefficient (Wildman–Crippen LogP) is 3.47. The van der Waals surface area contributed by atoms with Gasteiger partial charge in [-0.1, -0.05) is 12.1 Å². The van der Waals surface area contributed by atoms with Gasteiger partial charge in [-0.3, -0.25) is 14.4 Å². The van der Waals surface area contributed by atoms with Gasteiger partial charge < -0.3 is 20.1 Å². The van der Waals surface area contributed by atoms with Gasteiger partial charge in [0.15, 0.2) is 0 Å². The van der Waals surface area contributed by atoms with Crippen LogP contribution >= 0.6 is 11.3 Å². The monoisotopic (exact) mass is 432 g/mol. The second kappa shape index (κ2) is 12.0. The third-order valence-electron chi connectivity index (χ3n) is 4.24. The molecule has 0 fully saturated rings. The number of amides is 2. The summed E-state index contributed by atoms with van der Waals surface area (Å²) >= 11 is 1.46. The number of hydrogen-bond donors (Lipinski definition) is 2. The smallest absolute Gasteiger partial charge is 0.308 e. The molecule has 162 valence electrons. The lowest BCUT2D eigenvalue weighted by atomic mass is 10.0. The van der Waals surface area contributed by atoms with Crippen LogP contribution in [0.25, 0.3) is 0 Å². The SMILES string of the molecule is COc1ccc([C@@H](CC(=O)OC(C)C)NC(=O)CCCNC(=O)c2ccsc2)cc1. The molecule has 0 aliphatic carbocycles. The fraction of sp³-hybridized carbons (Fsp3) is 0.409. The fourth-order valence-electron chi connectivity index (χ4n) is 2.78. The summed E-state index contributed by atoms with van der Waals surface area (Å²) in [5.41, 5.74) is 1.41. The lowest BCUT2D eigenvalue weighted by Crippen LogP contribution is -2.32. The Morgan fingerprint density at radius 3 is 2.43 bits per heavy atom. The topological polar surface area (TPSA) is 93.7 Å². The van der Waals surface area contributed by atoms with E-state index in [0.29, 0.717) is 24.3 Å². The van der Waals surface area contributed by atoms with Crippen LogP contribution in [0.2, 0.25) is 0 Å². The summed E-state index contributed by atoms with van der Waals surface area (Å²) in [7, 11) is 1.57. The number of carbonyl (C=O) groups excluding carboxylic acids is 3. The van der Waals surface area contributed by atoms with Crippen LogP contribution in [0.15, 0.2) is 41.1 Å². The summed E-state index contributed by atoms with van der Waals surface area (Å²) in [6.45, 7) is 3.96. The molecule has 7 nitrogen and oxygen atoms in total. The molecule has 0 aliphatic rings. The number of benzene rings is 1. The van der Waals surface area contributed by atoms with E-state index in [-0.39, 0.29) is 36.7 Å². The highest BCUT2D eigenvalue weighted by Gasteiger charge is 2.20. The van der Waals surface area contributed by atoms with E-state index in [1.807, 2.05) is 17.5 Å². The van der Waals surface area contributed by atoms with Crippen molar-refractivity contribution in [1.82, 2.24) is 10.6 Å². The van der Waals surface area contributed by atoms with Crippen LogP contribution in [0, 0.1) is 0 Å². The van der Waals surface area contributed by atoms with E-state index >= 15 is 0 Å². The number of thiophene rings is 1. The summed E-state index contributed by atoms with van der Waals surface area (Å²) in [5.74, 6) is -0.0359. The Labute approximate surface area is 180 Å². The molecule has 0 radical (unpaired) electrons. The van der Waals surface area contributed by atoms with Crippen LogP contribution < -0.4 is 15.4 Å². The number of hydrogen-bond acceptors (Lipinski definition) is 6. The van der Waals surface area contributed by atoms with Crippen LogP contribution in [0.1, 0.15) is 55.1 Å². The van der Waals surface area contributed by atoms with Gasteiger partial charge in [-0.15, -0.1) is 0 Å². The number of methoxy groups -OCH3 is 1. The summed E-state index contributed by atoms with van der Waals surface area (Å²) < 4.78 is 10.4. The Kier molecular flexibility index (Phi) is 9.34. The molecule has 1 aromatic heterocycles. The first kappa shape index (κ1) is 23.4. The molecule has 1 atom stereocenters. The molecular weight excluding hydrogens is 404 g/mol. The normalized spacial score (nSPS) is 11.6. The molecule has 2 N–H and O–H groups in total. The van der Waals surface area contributed by atoms with Gasteiger partial charge in [-0.25, -0.2) is 0 Å². The number of ether oxygens (including phenoxy) is 2. The third-order valence-corrected chi connectivity index (χ3v) is 4.92. The van der Waals surface area contributed by atoms with E-state index in [9.17, 15) is 14.4 Å². The van der Waals surface area contributed by atoms with E-state index in [4.69, 9.17) is 9.47 Å². The van der Waals surface area contributed by atoms with Crippen LogP contribution in [0.3, 0.4) is 0 Å². The molecule has 1 heterocycles. The summed E-state index contributed by atoms with van der Waals surface area (Å²) in [5, 5.41) is 9.31. The van der Waals surface area contributed by atoms with Crippen molar-refractivity contribution < 1.29 is 23.9 Å². The molecule has 30 heavy (non-hydrogen) atoms. The van der Waals surface area contributed by atoms with E-state index in [2.05, 4.69) is 10.6 Å². The van der Waals surface area contributed by atoms with Crippen LogP contribution in [0.5, 0.6) is 5.75 Å². The van der Waals surface area contributed by atoms with E-state index in [1.165, 1.54) is 11.3 Å². The second-order valence-corrected chi connectivity index (χ2v) is 7.79. The minimum atomic E-state index is -0.505. The Bertz CT molecular complexity index is 819. The Morgan fingerprint density at radius 2 is 1.83 bits per heavy atom. The van der Waals surface area contributed by atoms with Crippen molar-refractivity contribution in [3.63, 3.8) is 0 Å². The molecular formula is C22H28N2O5S. The van der Waals surface area contributed by atoms with Crippen LogP contribution in [-0.2, 0) is 14.3 Å². The Balaban J connectivity index is 1.88. The van der Waals surface area contributed by atoms with Gasteiger partial charge in [-0.05, 0) is 49.4 Å². The largest absolute Gasteiger partial charge is 0.497 e. The highest BCUT2D eigenvalue weighted by atomic mass is 32.1. The van der Waals surface area contributed by atoms with Crippen LogP contribution in [0.4, 0.5) is 0 Å². The average molecular weight is 433 g/mol. The first-order valence-electron chi connectivity index (χ1n) is 9.82. The van der Waals surface area contributed by atoms with Gasteiger partial charge >= 0.3 is 5.97 Å². The molecule has 0 saturated carbocycles. The fourth-order valence-corrected chi connectivity index (χ4v) is 3.42. The zero-order chi connectivity index (χ0) is 21.9. The molecule has 0 saturated heterocycles. The lowest BCUT2D eigenvalue weighted by molar-refractivity contribution is -0.148. The number of rotatable bonds is 11. The van der Waals surface area contributed by atoms with E-state index in [1.54, 1.807) is 44.5 Å². The number of esters is 1. The number of carbonyl (C=O) groups is 3. The summed E-state index contributed by atoms with van der Waals surface area (Å²) in [6, 6.07) is 8.43. The van der Waals surface area contributed by atoms with Gasteiger partial charge in [-0.2, -0.15) is 11.3 Å². The maximum absolute atomic E-state index is 12.4. The van der Waals surface area contributed by atoms with Gasteiger partial charge in [0.05, 0.1) is 25.7 Å². The molecule has 2 aromatic rings. The molecule has 0 spiro atoms. The van der Waals surface area contributed by atoms with Gasteiger partial charge in [0.2, 0.25) is 5.91 Å². The van der Waals surface area contributed by atoms with Crippen molar-refractivity contribution in [1.29, 1.82) is 0 Å². The number of nitrogens with one attached hydrogen (secondary N) is 2. The minimum Gasteiger partial charge on any atom is -0.497 e. The lowest BCUT2D eigenvalue weighted by Gasteiger charge is -2.20. The Morgan fingerprint density at radius 1 is 1.10 bits per heavy atom. The summed E-state index contributed by atoms with van der Waals surface area (Å²) in [6.07, 6.45) is 0.533. The zero-order valence-corrected chi connectivity index (χ0v) is 18.3. The van der Waals surface area contributed by atoms with Gasteiger partial charge in [0, 0.05) is 23.9 Å². The van der Waals surface area contributed by atoms with Crippen molar-refractivity contribution in [3.05, 3.63) is 52.2 Å². The molecule has 2 amide bonds. The molecule has 0 bridgehead atoms. The standard InChI is InChI=1S/C22H28N2O5S/c1-15(2)29-21(26)13-19(16-6-8-18(28-3)9-7-16)24-20(25)5-4-11-23-22(27)17-10-12-30-14-17/h6-10,12,14-15,19H,4-5,11,13H2,1-3H3,(H,23,27)(H,24,25)/t19-/m1/s1. The molecule has 2 rings (SSSR count). The average Bonchev–Trinajstić information content (AvgIpc) is 3.25. The molecule has 8 heteroatoms. The van der Waals surface area contributed by atoms with Crippen molar-refractivity contribution in [2.24, 2.45) is 0 Å². The maximum Gasteiger partial charge on any atom is 0.308 e. The first-order valence-corrected chi connectivity index (χ1v) is 10.8. The van der Waals surface area contributed by atoms with Crippen molar-refractivity contribution in [3.8, 4) is 5.75 Å². The zero-order valence-electron chi connectivity index (χ0n) is 17.5.